The third-order valence-electron chi connectivity index (χ3n) is 3.62. The van der Waals surface area contributed by atoms with E-state index in [2.05, 4.69) is 0 Å². The van der Waals surface area contributed by atoms with Crippen LogP contribution in [-0.4, -0.2) is 18.1 Å². The normalized spacial score (nSPS) is 19.9. The van der Waals surface area contributed by atoms with Crippen molar-refractivity contribution in [3.05, 3.63) is 42.5 Å². The lowest BCUT2D eigenvalue weighted by Gasteiger charge is -2.27. The zero-order valence-electron chi connectivity index (χ0n) is 10.5. The summed E-state index contributed by atoms with van der Waals surface area (Å²) < 4.78 is 39.2. The van der Waals surface area contributed by atoms with Gasteiger partial charge in [0.1, 0.15) is 6.04 Å². The SMILES string of the molecule is O=C1CC[C@H](C(F)(F)F)N1c1cccc2ccccc12. The van der Waals surface area contributed by atoms with Crippen molar-refractivity contribution in [2.24, 2.45) is 0 Å². The molecule has 1 aliphatic heterocycles. The lowest BCUT2D eigenvalue weighted by molar-refractivity contribution is -0.148. The molecular weight excluding hydrogens is 267 g/mol. The van der Waals surface area contributed by atoms with Crippen molar-refractivity contribution < 1.29 is 18.0 Å². The molecule has 0 aliphatic carbocycles. The van der Waals surface area contributed by atoms with Crippen LogP contribution in [0.2, 0.25) is 0 Å². The van der Waals surface area contributed by atoms with Crippen molar-refractivity contribution in [3.63, 3.8) is 0 Å². The van der Waals surface area contributed by atoms with E-state index in [4.69, 9.17) is 0 Å². The second-order valence-electron chi connectivity index (χ2n) is 4.86. The Morgan fingerprint density at radius 1 is 1.05 bits per heavy atom. The molecule has 5 heteroatoms. The average Bonchev–Trinajstić information content (AvgIpc) is 2.80. The number of hydrogen-bond donors (Lipinski definition) is 0. The van der Waals surface area contributed by atoms with Gasteiger partial charge in [0.2, 0.25) is 5.91 Å². The molecule has 1 heterocycles. The Balaban J connectivity index is 2.16. The Morgan fingerprint density at radius 2 is 1.75 bits per heavy atom. The lowest BCUT2D eigenvalue weighted by atomic mass is 10.1. The number of fused-ring (bicyclic) bond motifs is 1. The summed E-state index contributed by atoms with van der Waals surface area (Å²) in [4.78, 5) is 12.8. The Hall–Kier alpha value is -2.04. The number of anilines is 1. The predicted molar refractivity (Wildman–Crippen MR) is 70.5 cm³/mol. The predicted octanol–water partition coefficient (Wildman–Crippen LogP) is 3.90. The van der Waals surface area contributed by atoms with Gasteiger partial charge in [0.25, 0.3) is 0 Å². The summed E-state index contributed by atoms with van der Waals surface area (Å²) in [6.45, 7) is 0. The van der Waals surface area contributed by atoms with Gasteiger partial charge in [-0.15, -0.1) is 0 Å². The van der Waals surface area contributed by atoms with Gasteiger partial charge in [-0.25, -0.2) is 0 Å². The van der Waals surface area contributed by atoms with Gasteiger partial charge in [-0.2, -0.15) is 13.2 Å². The van der Waals surface area contributed by atoms with Crippen LogP contribution >= 0.6 is 0 Å². The van der Waals surface area contributed by atoms with E-state index in [0.717, 1.165) is 10.3 Å². The van der Waals surface area contributed by atoms with Crippen LogP contribution in [0.4, 0.5) is 18.9 Å². The van der Waals surface area contributed by atoms with E-state index in [9.17, 15) is 18.0 Å². The zero-order valence-corrected chi connectivity index (χ0v) is 10.5. The number of hydrogen-bond acceptors (Lipinski definition) is 1. The van der Waals surface area contributed by atoms with Crippen LogP contribution in [-0.2, 0) is 4.79 Å². The maximum atomic E-state index is 13.1. The highest BCUT2D eigenvalue weighted by atomic mass is 19.4. The number of halogens is 3. The average molecular weight is 279 g/mol. The smallest absolute Gasteiger partial charge is 0.300 e. The summed E-state index contributed by atoms with van der Waals surface area (Å²) in [6, 6.07) is 10.5. The molecule has 0 spiro atoms. The van der Waals surface area contributed by atoms with Gasteiger partial charge in [0, 0.05) is 11.8 Å². The third-order valence-corrected chi connectivity index (χ3v) is 3.62. The van der Waals surface area contributed by atoms with Crippen molar-refractivity contribution in [2.75, 3.05) is 4.90 Å². The zero-order chi connectivity index (χ0) is 14.3. The molecule has 1 aliphatic rings. The summed E-state index contributed by atoms with van der Waals surface area (Å²) in [6.07, 6.45) is -4.64. The van der Waals surface area contributed by atoms with Gasteiger partial charge in [-0.05, 0) is 17.9 Å². The highest BCUT2D eigenvalue weighted by molar-refractivity contribution is 6.05. The van der Waals surface area contributed by atoms with Gasteiger partial charge >= 0.3 is 6.18 Å². The maximum Gasteiger partial charge on any atom is 0.409 e. The topological polar surface area (TPSA) is 20.3 Å². The van der Waals surface area contributed by atoms with Crippen LogP contribution in [0.25, 0.3) is 10.8 Å². The molecule has 1 fully saturated rings. The lowest BCUT2D eigenvalue weighted by Crippen LogP contribution is -2.43. The van der Waals surface area contributed by atoms with Crippen LogP contribution in [0.15, 0.2) is 42.5 Å². The quantitative estimate of drug-likeness (QED) is 0.775. The fraction of sp³-hybridized carbons (Fsp3) is 0.267. The molecule has 1 amide bonds. The summed E-state index contributed by atoms with van der Waals surface area (Å²) in [5.74, 6) is -0.469. The number of amides is 1. The van der Waals surface area contributed by atoms with Crippen molar-refractivity contribution in [3.8, 4) is 0 Å². The third kappa shape index (κ3) is 2.03. The van der Waals surface area contributed by atoms with E-state index in [1.165, 1.54) is 0 Å². The van der Waals surface area contributed by atoms with Crippen LogP contribution in [0.5, 0.6) is 0 Å². The molecule has 2 aromatic rings. The van der Waals surface area contributed by atoms with E-state index in [0.29, 0.717) is 11.1 Å². The van der Waals surface area contributed by atoms with Crippen LogP contribution in [0, 0.1) is 0 Å². The van der Waals surface area contributed by atoms with E-state index < -0.39 is 18.1 Å². The molecule has 0 aromatic heterocycles. The summed E-state index contributed by atoms with van der Waals surface area (Å²) in [7, 11) is 0. The molecule has 0 saturated carbocycles. The van der Waals surface area contributed by atoms with E-state index in [1.807, 2.05) is 18.2 Å². The van der Waals surface area contributed by atoms with Crippen molar-refractivity contribution in [1.82, 2.24) is 0 Å². The molecule has 0 bridgehead atoms. The Bertz CT molecular complexity index is 660. The number of carbonyl (C=O) groups is 1. The second kappa shape index (κ2) is 4.51. The first-order chi connectivity index (χ1) is 9.48. The fourth-order valence-electron chi connectivity index (χ4n) is 2.71. The number of alkyl halides is 3. The molecule has 104 valence electrons. The Labute approximate surface area is 113 Å². The molecule has 20 heavy (non-hydrogen) atoms. The van der Waals surface area contributed by atoms with Crippen LogP contribution < -0.4 is 4.90 Å². The molecule has 1 atom stereocenters. The van der Waals surface area contributed by atoms with Gasteiger partial charge in [0.05, 0.1) is 5.69 Å². The van der Waals surface area contributed by atoms with Gasteiger partial charge < -0.3 is 0 Å². The number of benzene rings is 2. The minimum absolute atomic E-state index is 0.0621. The minimum atomic E-state index is -4.40. The standard InChI is InChI=1S/C15H12F3NO/c16-15(17,18)13-8-9-14(20)19(13)12-7-3-5-10-4-1-2-6-11(10)12/h1-7,13H,8-9H2/t13-/m1/s1. The first kappa shape index (κ1) is 13.0. The van der Waals surface area contributed by atoms with Crippen molar-refractivity contribution in [1.29, 1.82) is 0 Å². The molecule has 0 radical (unpaired) electrons. The molecule has 2 aromatic carbocycles. The molecular formula is C15H12F3NO. The number of rotatable bonds is 1. The van der Waals surface area contributed by atoms with E-state index >= 15 is 0 Å². The molecule has 1 saturated heterocycles. The summed E-state index contributed by atoms with van der Waals surface area (Å²) in [5.41, 5.74) is 0.341. The number of nitrogens with zero attached hydrogens (tertiary/aromatic N) is 1. The molecule has 0 unspecified atom stereocenters. The summed E-state index contributed by atoms with van der Waals surface area (Å²) >= 11 is 0. The maximum absolute atomic E-state index is 13.1. The first-order valence-corrected chi connectivity index (χ1v) is 6.35. The molecule has 0 N–H and O–H groups in total. The molecule has 3 rings (SSSR count). The second-order valence-corrected chi connectivity index (χ2v) is 4.86. The minimum Gasteiger partial charge on any atom is -0.300 e. The number of carbonyl (C=O) groups excluding carboxylic acids is 1. The first-order valence-electron chi connectivity index (χ1n) is 6.35. The Morgan fingerprint density at radius 3 is 2.50 bits per heavy atom. The highest BCUT2D eigenvalue weighted by Crippen LogP contribution is 2.39. The van der Waals surface area contributed by atoms with Gasteiger partial charge in [-0.1, -0.05) is 36.4 Å². The molecule has 2 nitrogen and oxygen atoms in total. The van der Waals surface area contributed by atoms with Crippen molar-refractivity contribution in [2.45, 2.75) is 25.1 Å². The fourth-order valence-corrected chi connectivity index (χ4v) is 2.71. The van der Waals surface area contributed by atoms with Gasteiger partial charge in [-0.3, -0.25) is 9.69 Å². The summed E-state index contributed by atoms with van der Waals surface area (Å²) in [5, 5.41) is 1.49. The van der Waals surface area contributed by atoms with Crippen molar-refractivity contribution >= 4 is 22.4 Å². The largest absolute Gasteiger partial charge is 0.409 e. The Kier molecular flexibility index (Phi) is 2.92. The van der Waals surface area contributed by atoms with Gasteiger partial charge in [0.15, 0.2) is 0 Å². The monoisotopic (exact) mass is 279 g/mol. The van der Waals surface area contributed by atoms with E-state index in [1.54, 1.807) is 24.3 Å². The highest BCUT2D eigenvalue weighted by Gasteiger charge is 2.49. The van der Waals surface area contributed by atoms with Crippen LogP contribution in [0.3, 0.4) is 0 Å². The van der Waals surface area contributed by atoms with E-state index in [-0.39, 0.29) is 12.8 Å². The van der Waals surface area contributed by atoms with Crippen LogP contribution in [0.1, 0.15) is 12.8 Å².